The van der Waals surface area contributed by atoms with Crippen molar-refractivity contribution in [3.63, 3.8) is 0 Å². The van der Waals surface area contributed by atoms with Crippen molar-refractivity contribution in [2.45, 2.75) is 37.8 Å². The summed E-state index contributed by atoms with van der Waals surface area (Å²) in [5.74, 6) is 1.07. The molecule has 0 spiro atoms. The second-order valence-electron chi connectivity index (χ2n) is 4.66. The summed E-state index contributed by atoms with van der Waals surface area (Å²) < 4.78 is 10.9. The van der Waals surface area contributed by atoms with E-state index >= 15 is 0 Å². The first kappa shape index (κ1) is 12.7. The molecule has 1 aliphatic rings. The molecule has 0 amide bonds. The number of rotatable bonds is 4. The van der Waals surface area contributed by atoms with Crippen molar-refractivity contribution in [1.82, 2.24) is 15.1 Å². The van der Waals surface area contributed by atoms with Gasteiger partial charge in [-0.2, -0.15) is 4.98 Å². The molecule has 102 valence electrons. The molecule has 0 aliphatic heterocycles. The zero-order chi connectivity index (χ0) is 13.3. The van der Waals surface area contributed by atoms with Gasteiger partial charge < -0.3 is 15.0 Å². The molecule has 2 aromatic rings. The number of hydrogen-bond acceptors (Lipinski definition) is 7. The average Bonchev–Trinajstić information content (AvgIpc) is 3.17. The molecule has 2 aromatic heterocycles. The Morgan fingerprint density at radius 2 is 2.21 bits per heavy atom. The molecule has 0 bridgehead atoms. The normalized spacial score (nSPS) is 18.0. The van der Waals surface area contributed by atoms with Crippen LogP contribution in [0.5, 0.6) is 0 Å². The molecule has 0 unspecified atom stereocenters. The van der Waals surface area contributed by atoms with Crippen molar-refractivity contribution in [2.75, 3.05) is 7.11 Å². The SMILES string of the molecule is COC1(c2noc(-c3csc(CN)n3)n2)CCCC1. The van der Waals surface area contributed by atoms with E-state index in [1.165, 1.54) is 11.3 Å². The molecule has 0 saturated heterocycles. The zero-order valence-electron chi connectivity index (χ0n) is 10.8. The smallest absolute Gasteiger partial charge is 0.277 e. The average molecular weight is 280 g/mol. The third-order valence-corrected chi connectivity index (χ3v) is 4.45. The van der Waals surface area contributed by atoms with Gasteiger partial charge in [-0.05, 0) is 25.7 Å². The lowest BCUT2D eigenvalue weighted by Crippen LogP contribution is -2.25. The number of nitrogens with zero attached hydrogens (tertiary/aromatic N) is 3. The number of hydrogen-bond donors (Lipinski definition) is 1. The minimum absolute atomic E-state index is 0.380. The molecular formula is C12H16N4O2S. The van der Waals surface area contributed by atoms with Gasteiger partial charge in [0.05, 0.1) is 0 Å². The monoisotopic (exact) mass is 280 g/mol. The molecule has 0 radical (unpaired) electrons. The van der Waals surface area contributed by atoms with E-state index in [-0.39, 0.29) is 5.60 Å². The van der Waals surface area contributed by atoms with Crippen LogP contribution in [0, 0.1) is 0 Å². The lowest BCUT2D eigenvalue weighted by Gasteiger charge is -2.22. The van der Waals surface area contributed by atoms with Crippen molar-refractivity contribution in [3.05, 3.63) is 16.2 Å². The van der Waals surface area contributed by atoms with Crippen LogP contribution < -0.4 is 5.73 Å². The van der Waals surface area contributed by atoms with E-state index in [1.807, 2.05) is 5.38 Å². The van der Waals surface area contributed by atoms with Crippen LogP contribution in [0.1, 0.15) is 36.5 Å². The molecular weight excluding hydrogens is 264 g/mol. The molecule has 2 N–H and O–H groups in total. The van der Waals surface area contributed by atoms with E-state index in [0.717, 1.165) is 30.7 Å². The quantitative estimate of drug-likeness (QED) is 0.922. The standard InChI is InChI=1S/C12H16N4O2S/c1-17-12(4-2-3-5-12)11-15-10(18-16-11)8-7-19-9(6-13)14-8/h7H,2-6,13H2,1H3. The van der Waals surface area contributed by atoms with Crippen LogP contribution in [0.4, 0.5) is 0 Å². The van der Waals surface area contributed by atoms with Gasteiger partial charge in [0.25, 0.3) is 5.89 Å². The highest BCUT2D eigenvalue weighted by atomic mass is 32.1. The number of ether oxygens (including phenoxy) is 1. The van der Waals surface area contributed by atoms with Gasteiger partial charge in [-0.1, -0.05) is 5.16 Å². The molecule has 1 aliphatic carbocycles. The summed E-state index contributed by atoms with van der Waals surface area (Å²) in [4.78, 5) is 8.80. The van der Waals surface area contributed by atoms with Gasteiger partial charge >= 0.3 is 0 Å². The zero-order valence-corrected chi connectivity index (χ0v) is 11.6. The Kier molecular flexibility index (Phi) is 3.34. The van der Waals surface area contributed by atoms with Crippen LogP contribution in [0.25, 0.3) is 11.6 Å². The fraction of sp³-hybridized carbons (Fsp3) is 0.583. The lowest BCUT2D eigenvalue weighted by molar-refractivity contribution is -0.0178. The Labute approximate surface area is 115 Å². The Bertz CT molecular complexity index is 560. The number of aromatic nitrogens is 3. The maximum atomic E-state index is 5.64. The van der Waals surface area contributed by atoms with Crippen LogP contribution in [0.2, 0.25) is 0 Å². The summed E-state index contributed by atoms with van der Waals surface area (Å²) in [7, 11) is 1.71. The van der Waals surface area contributed by atoms with Gasteiger partial charge in [-0.15, -0.1) is 11.3 Å². The Balaban J connectivity index is 1.90. The summed E-state index contributed by atoms with van der Waals surface area (Å²) in [5, 5.41) is 6.82. The molecule has 7 heteroatoms. The highest BCUT2D eigenvalue weighted by Crippen LogP contribution is 2.40. The van der Waals surface area contributed by atoms with Gasteiger partial charge in [0.2, 0.25) is 5.82 Å². The van der Waals surface area contributed by atoms with Gasteiger partial charge in [0.15, 0.2) is 0 Å². The van der Waals surface area contributed by atoms with Crippen LogP contribution in [0.3, 0.4) is 0 Å². The fourth-order valence-electron chi connectivity index (χ4n) is 2.48. The van der Waals surface area contributed by atoms with Crippen LogP contribution in [0.15, 0.2) is 9.90 Å². The molecule has 2 heterocycles. The highest BCUT2D eigenvalue weighted by Gasteiger charge is 2.40. The van der Waals surface area contributed by atoms with Gasteiger partial charge in [0, 0.05) is 19.0 Å². The first-order valence-corrected chi connectivity index (χ1v) is 7.19. The van der Waals surface area contributed by atoms with Gasteiger partial charge in [-0.3, -0.25) is 0 Å². The predicted molar refractivity (Wildman–Crippen MR) is 70.5 cm³/mol. The fourth-order valence-corrected chi connectivity index (χ4v) is 3.13. The summed E-state index contributed by atoms with van der Waals surface area (Å²) in [6.07, 6.45) is 4.14. The number of methoxy groups -OCH3 is 1. The molecule has 3 rings (SSSR count). The summed E-state index contributed by atoms with van der Waals surface area (Å²) in [6, 6.07) is 0. The maximum Gasteiger partial charge on any atom is 0.277 e. The van der Waals surface area contributed by atoms with Crippen molar-refractivity contribution in [1.29, 1.82) is 0 Å². The van der Waals surface area contributed by atoms with E-state index < -0.39 is 0 Å². The molecule has 6 nitrogen and oxygen atoms in total. The first-order chi connectivity index (χ1) is 9.27. The minimum atomic E-state index is -0.380. The van der Waals surface area contributed by atoms with Crippen molar-refractivity contribution >= 4 is 11.3 Å². The number of nitrogens with two attached hydrogens (primary N) is 1. The van der Waals surface area contributed by atoms with Gasteiger partial charge in [-0.25, -0.2) is 4.98 Å². The third-order valence-electron chi connectivity index (χ3n) is 3.58. The maximum absolute atomic E-state index is 5.64. The van der Waals surface area contributed by atoms with Crippen molar-refractivity contribution in [3.8, 4) is 11.6 Å². The van der Waals surface area contributed by atoms with E-state index in [2.05, 4.69) is 15.1 Å². The molecule has 0 atom stereocenters. The van der Waals surface area contributed by atoms with Crippen molar-refractivity contribution in [2.24, 2.45) is 5.73 Å². The third kappa shape index (κ3) is 2.18. The van der Waals surface area contributed by atoms with E-state index in [1.54, 1.807) is 7.11 Å². The van der Waals surface area contributed by atoms with E-state index in [9.17, 15) is 0 Å². The summed E-state index contributed by atoms with van der Waals surface area (Å²) >= 11 is 1.50. The van der Waals surface area contributed by atoms with Crippen LogP contribution in [-0.4, -0.2) is 22.2 Å². The molecule has 1 fully saturated rings. The molecule has 0 aromatic carbocycles. The Hall–Kier alpha value is -1.31. The predicted octanol–water partition coefficient (Wildman–Crippen LogP) is 2.07. The Morgan fingerprint density at radius 3 is 2.84 bits per heavy atom. The highest BCUT2D eigenvalue weighted by molar-refractivity contribution is 7.09. The molecule has 1 saturated carbocycles. The van der Waals surface area contributed by atoms with E-state index in [0.29, 0.717) is 24.0 Å². The summed E-state index contributed by atoms with van der Waals surface area (Å²) in [5.41, 5.74) is 5.86. The lowest BCUT2D eigenvalue weighted by atomic mass is 10.0. The topological polar surface area (TPSA) is 87.1 Å². The van der Waals surface area contributed by atoms with Crippen LogP contribution in [-0.2, 0) is 16.9 Å². The van der Waals surface area contributed by atoms with Gasteiger partial charge in [0.1, 0.15) is 16.3 Å². The van der Waals surface area contributed by atoms with E-state index in [4.69, 9.17) is 15.0 Å². The largest absolute Gasteiger partial charge is 0.370 e. The second kappa shape index (κ2) is 4.99. The van der Waals surface area contributed by atoms with Crippen LogP contribution >= 0.6 is 11.3 Å². The minimum Gasteiger partial charge on any atom is -0.370 e. The first-order valence-electron chi connectivity index (χ1n) is 6.31. The molecule has 19 heavy (non-hydrogen) atoms. The summed E-state index contributed by atoms with van der Waals surface area (Å²) in [6.45, 7) is 0.424. The van der Waals surface area contributed by atoms with Crippen molar-refractivity contribution < 1.29 is 9.26 Å². The second-order valence-corrected chi connectivity index (χ2v) is 5.60. The number of thiazole rings is 1. The Morgan fingerprint density at radius 1 is 1.42 bits per heavy atom.